The molecule has 0 N–H and O–H groups in total. The second kappa shape index (κ2) is 7.12. The minimum Gasteiger partial charge on any atom is -0.468 e. The Hall–Kier alpha value is -0.580. The third-order valence-electron chi connectivity index (χ3n) is 2.92. The molecule has 3 nitrogen and oxygen atoms in total. The second-order valence-electron chi connectivity index (χ2n) is 4.13. The lowest BCUT2D eigenvalue weighted by Gasteiger charge is -2.27. The zero-order valence-electron chi connectivity index (χ0n) is 10.7. The fraction of sp³-hybridized carbons (Fsp3) is 0.462. The van der Waals surface area contributed by atoms with E-state index < -0.39 is 0 Å². The molecule has 0 aromatic heterocycles. The Balaban J connectivity index is 2.70. The monoisotopic (exact) mass is 333 g/mol. The fourth-order valence-electron chi connectivity index (χ4n) is 1.66. The van der Waals surface area contributed by atoms with E-state index in [9.17, 15) is 4.79 Å². The molecule has 0 aliphatic rings. The summed E-state index contributed by atoms with van der Waals surface area (Å²) in [5.41, 5.74) is 1.05. The van der Waals surface area contributed by atoms with Crippen molar-refractivity contribution < 1.29 is 9.53 Å². The number of carbonyl (C=O) groups is 1. The summed E-state index contributed by atoms with van der Waals surface area (Å²) in [7, 11) is 3.33. The number of esters is 1. The van der Waals surface area contributed by atoms with Gasteiger partial charge < -0.3 is 4.74 Å². The van der Waals surface area contributed by atoms with Gasteiger partial charge in [-0.1, -0.05) is 45.7 Å². The molecule has 18 heavy (non-hydrogen) atoms. The van der Waals surface area contributed by atoms with Crippen molar-refractivity contribution in [2.75, 3.05) is 20.7 Å². The second-order valence-corrected chi connectivity index (χ2v) is 5.64. The van der Waals surface area contributed by atoms with E-state index in [0.29, 0.717) is 6.54 Å². The number of nitrogens with zero attached hydrogens (tertiary/aromatic N) is 1. The summed E-state index contributed by atoms with van der Waals surface area (Å²) in [6.07, 6.45) is 0. The number of rotatable bonds is 5. The van der Waals surface area contributed by atoms with Crippen LogP contribution in [-0.4, -0.2) is 36.4 Å². The Bertz CT molecular complexity index is 414. The first-order valence-corrected chi connectivity index (χ1v) is 6.93. The van der Waals surface area contributed by atoms with Crippen LogP contribution in [0.4, 0.5) is 0 Å². The first-order valence-electron chi connectivity index (χ1n) is 5.64. The minimum atomic E-state index is -0.336. The molecular weight excluding hydrogens is 318 g/mol. The van der Waals surface area contributed by atoms with E-state index in [0.717, 1.165) is 10.6 Å². The number of hydrogen-bond acceptors (Lipinski definition) is 3. The zero-order chi connectivity index (χ0) is 13.7. The van der Waals surface area contributed by atoms with Gasteiger partial charge in [-0.25, -0.2) is 0 Å². The van der Waals surface area contributed by atoms with Crippen LogP contribution in [0, 0.1) is 0 Å². The summed E-state index contributed by atoms with van der Waals surface area (Å²) in [6, 6.07) is 7.85. The van der Waals surface area contributed by atoms with Gasteiger partial charge in [0.2, 0.25) is 0 Å². The highest BCUT2D eigenvalue weighted by Crippen LogP contribution is 2.26. The van der Waals surface area contributed by atoms with Gasteiger partial charge in [0.15, 0.2) is 0 Å². The molecule has 0 heterocycles. The topological polar surface area (TPSA) is 29.5 Å². The van der Waals surface area contributed by atoms with Crippen LogP contribution in [0.5, 0.6) is 0 Å². The number of alkyl halides is 1. The number of hydrogen-bond donors (Lipinski definition) is 0. The highest BCUT2D eigenvalue weighted by Gasteiger charge is 2.21. The summed E-state index contributed by atoms with van der Waals surface area (Å²) >= 11 is 9.47. The highest BCUT2D eigenvalue weighted by atomic mass is 79.9. The van der Waals surface area contributed by atoms with Gasteiger partial charge in [0.05, 0.1) is 7.11 Å². The van der Waals surface area contributed by atoms with E-state index in [1.165, 1.54) is 7.11 Å². The Labute approximate surface area is 121 Å². The first-order chi connectivity index (χ1) is 8.47. The Morgan fingerprint density at radius 2 is 2.11 bits per heavy atom. The first kappa shape index (κ1) is 15.5. The maximum Gasteiger partial charge on any atom is 0.320 e. The molecule has 0 amide bonds. The summed E-state index contributed by atoms with van der Waals surface area (Å²) in [5, 5.41) is 0.737. The average molecular weight is 335 g/mol. The Morgan fingerprint density at radius 1 is 1.50 bits per heavy atom. The molecule has 100 valence electrons. The van der Waals surface area contributed by atoms with Crippen molar-refractivity contribution in [3.63, 3.8) is 0 Å². The molecule has 1 rings (SSSR count). The summed E-state index contributed by atoms with van der Waals surface area (Å²) in [4.78, 5) is 13.1. The van der Waals surface area contributed by atoms with Crippen LogP contribution in [0.1, 0.15) is 18.5 Å². The molecule has 0 fully saturated rings. The lowest BCUT2D eigenvalue weighted by Crippen LogP contribution is -2.33. The SMILES string of the molecule is COC(=O)C(Br)CN(C)C(C)c1ccccc1Cl. The molecule has 0 saturated carbocycles. The van der Waals surface area contributed by atoms with Crippen molar-refractivity contribution in [2.24, 2.45) is 0 Å². The average Bonchev–Trinajstić information content (AvgIpc) is 2.37. The van der Waals surface area contributed by atoms with Gasteiger partial charge in [0, 0.05) is 17.6 Å². The van der Waals surface area contributed by atoms with Crippen molar-refractivity contribution in [1.82, 2.24) is 4.90 Å². The lowest BCUT2D eigenvalue weighted by atomic mass is 10.1. The number of ether oxygens (including phenoxy) is 1. The van der Waals surface area contributed by atoms with E-state index >= 15 is 0 Å². The van der Waals surface area contributed by atoms with Crippen molar-refractivity contribution in [3.05, 3.63) is 34.9 Å². The number of carbonyl (C=O) groups excluding carboxylic acids is 1. The van der Waals surface area contributed by atoms with Crippen LogP contribution in [0.15, 0.2) is 24.3 Å². The fourth-order valence-corrected chi connectivity index (χ4v) is 2.60. The van der Waals surface area contributed by atoms with Crippen LogP contribution >= 0.6 is 27.5 Å². The van der Waals surface area contributed by atoms with E-state index in [-0.39, 0.29) is 16.8 Å². The normalized spacial score (nSPS) is 14.3. The van der Waals surface area contributed by atoms with Gasteiger partial charge in [-0.3, -0.25) is 9.69 Å². The molecule has 0 spiro atoms. The van der Waals surface area contributed by atoms with E-state index in [2.05, 4.69) is 32.5 Å². The minimum absolute atomic E-state index is 0.128. The Morgan fingerprint density at radius 3 is 2.67 bits per heavy atom. The van der Waals surface area contributed by atoms with Gasteiger partial charge in [0.1, 0.15) is 4.83 Å². The largest absolute Gasteiger partial charge is 0.468 e. The van der Waals surface area contributed by atoms with Crippen molar-refractivity contribution in [3.8, 4) is 0 Å². The van der Waals surface area contributed by atoms with Crippen LogP contribution < -0.4 is 0 Å². The summed E-state index contributed by atoms with van der Waals surface area (Å²) in [5.74, 6) is -0.270. The van der Waals surface area contributed by atoms with E-state index in [1.54, 1.807) is 0 Å². The van der Waals surface area contributed by atoms with Crippen LogP contribution in [0.25, 0.3) is 0 Å². The molecule has 1 aromatic rings. The summed E-state index contributed by atoms with van der Waals surface area (Å²) < 4.78 is 4.68. The van der Waals surface area contributed by atoms with Gasteiger partial charge in [-0.15, -0.1) is 0 Å². The van der Waals surface area contributed by atoms with Crippen LogP contribution in [0.3, 0.4) is 0 Å². The van der Waals surface area contributed by atoms with Crippen LogP contribution in [0.2, 0.25) is 5.02 Å². The quantitative estimate of drug-likeness (QED) is 0.611. The molecule has 0 bridgehead atoms. The number of benzene rings is 1. The maximum absolute atomic E-state index is 11.4. The summed E-state index contributed by atoms with van der Waals surface area (Å²) in [6.45, 7) is 2.61. The Kier molecular flexibility index (Phi) is 6.12. The molecule has 2 atom stereocenters. The number of halogens is 2. The van der Waals surface area contributed by atoms with Gasteiger partial charge in [-0.2, -0.15) is 0 Å². The molecule has 2 unspecified atom stereocenters. The molecule has 0 saturated heterocycles. The third-order valence-corrected chi connectivity index (χ3v) is 3.93. The smallest absolute Gasteiger partial charge is 0.320 e. The van der Waals surface area contributed by atoms with E-state index in [4.69, 9.17) is 11.6 Å². The standard InChI is InChI=1S/C13H17BrClNO2/c1-9(10-6-4-5-7-12(10)15)16(2)8-11(14)13(17)18-3/h4-7,9,11H,8H2,1-3H3. The van der Waals surface area contributed by atoms with Crippen molar-refractivity contribution >= 4 is 33.5 Å². The zero-order valence-corrected chi connectivity index (χ0v) is 13.0. The van der Waals surface area contributed by atoms with Gasteiger partial charge in [0.25, 0.3) is 0 Å². The predicted octanol–water partition coefficient (Wildman–Crippen LogP) is 3.27. The molecule has 5 heteroatoms. The van der Waals surface area contributed by atoms with Crippen molar-refractivity contribution in [2.45, 2.75) is 17.8 Å². The van der Waals surface area contributed by atoms with Gasteiger partial charge in [-0.05, 0) is 25.6 Å². The maximum atomic E-state index is 11.4. The predicted molar refractivity (Wildman–Crippen MR) is 77.2 cm³/mol. The third kappa shape index (κ3) is 3.97. The molecule has 0 aliphatic heterocycles. The lowest BCUT2D eigenvalue weighted by molar-refractivity contribution is -0.140. The molecule has 1 aromatic carbocycles. The van der Waals surface area contributed by atoms with E-state index in [1.807, 2.05) is 31.3 Å². The molecular formula is C13H17BrClNO2. The highest BCUT2D eigenvalue weighted by molar-refractivity contribution is 9.10. The van der Waals surface area contributed by atoms with Crippen LogP contribution in [-0.2, 0) is 9.53 Å². The molecule has 0 aliphatic carbocycles. The number of methoxy groups -OCH3 is 1. The van der Waals surface area contributed by atoms with Gasteiger partial charge >= 0.3 is 5.97 Å². The van der Waals surface area contributed by atoms with Crippen molar-refractivity contribution in [1.29, 1.82) is 0 Å². The molecule has 0 radical (unpaired) electrons.